The largest absolute Gasteiger partial charge is 0.384 e. The summed E-state index contributed by atoms with van der Waals surface area (Å²) in [5.41, 5.74) is -5.03. The van der Waals surface area contributed by atoms with Crippen LogP contribution in [0.15, 0.2) is 77.8 Å². The SMILES string of the molecule is CC1(c2cc(N=C(c3ccccc3)c3ccccc3)c(F)cc2F)C(O)C(=O)CN(O)C(C)(C)C1(F)F. The lowest BCUT2D eigenvalue weighted by atomic mass is 9.66. The molecule has 1 heterocycles. The van der Waals surface area contributed by atoms with Crippen molar-refractivity contribution in [2.45, 2.75) is 43.8 Å². The highest BCUT2D eigenvalue weighted by molar-refractivity contribution is 6.14. The summed E-state index contributed by atoms with van der Waals surface area (Å²) < 4.78 is 62.4. The van der Waals surface area contributed by atoms with E-state index in [0.29, 0.717) is 22.9 Å². The number of ketones is 1. The molecule has 9 heteroatoms. The number of alkyl halides is 2. The van der Waals surface area contributed by atoms with E-state index in [1.54, 1.807) is 60.7 Å². The predicted octanol–water partition coefficient (Wildman–Crippen LogP) is 5.44. The number of aliphatic imine (C=N–C) groups is 1. The van der Waals surface area contributed by atoms with Crippen LogP contribution in [0.1, 0.15) is 37.5 Å². The lowest BCUT2D eigenvalue weighted by molar-refractivity contribution is -0.257. The third kappa shape index (κ3) is 4.27. The highest BCUT2D eigenvalue weighted by atomic mass is 19.3. The fourth-order valence-electron chi connectivity index (χ4n) is 4.67. The van der Waals surface area contributed by atoms with E-state index in [9.17, 15) is 15.1 Å². The fourth-order valence-corrected chi connectivity index (χ4v) is 4.67. The number of hydroxylamine groups is 2. The normalized spacial score (nSPS) is 23.4. The maximum atomic E-state index is 16.0. The number of aliphatic hydroxyl groups is 1. The first-order valence-corrected chi connectivity index (χ1v) is 11.6. The average molecular weight is 515 g/mol. The van der Waals surface area contributed by atoms with E-state index in [4.69, 9.17) is 0 Å². The number of carbonyl (C=O) groups is 1. The number of Topliss-reactive ketones (excluding diaryl/α,β-unsaturated/α-hetero) is 1. The zero-order valence-corrected chi connectivity index (χ0v) is 20.4. The summed E-state index contributed by atoms with van der Waals surface area (Å²) >= 11 is 0. The number of aliphatic hydroxyl groups excluding tert-OH is 1. The van der Waals surface area contributed by atoms with Crippen LogP contribution in [-0.2, 0) is 10.2 Å². The van der Waals surface area contributed by atoms with E-state index in [1.807, 2.05) is 0 Å². The lowest BCUT2D eigenvalue weighted by Crippen LogP contribution is -2.64. The zero-order chi connectivity index (χ0) is 27.2. The molecule has 0 radical (unpaired) electrons. The van der Waals surface area contributed by atoms with Gasteiger partial charge in [0.25, 0.3) is 5.92 Å². The molecule has 0 amide bonds. The Morgan fingerprint density at radius 2 is 1.43 bits per heavy atom. The van der Waals surface area contributed by atoms with E-state index >= 15 is 17.6 Å². The van der Waals surface area contributed by atoms with Gasteiger partial charge in [0.2, 0.25) is 0 Å². The second kappa shape index (κ2) is 9.48. The summed E-state index contributed by atoms with van der Waals surface area (Å²) in [5.74, 6) is -7.70. The molecule has 37 heavy (non-hydrogen) atoms. The number of benzene rings is 3. The monoisotopic (exact) mass is 514 g/mol. The van der Waals surface area contributed by atoms with Gasteiger partial charge in [0, 0.05) is 22.8 Å². The fraction of sp³-hybridized carbons (Fsp3) is 0.286. The number of carbonyl (C=O) groups excluding carboxylic acids is 1. The Bertz CT molecular complexity index is 1300. The number of nitrogens with zero attached hydrogens (tertiary/aromatic N) is 2. The number of hydrogen-bond donors (Lipinski definition) is 2. The van der Waals surface area contributed by atoms with Crippen LogP contribution in [0, 0.1) is 11.6 Å². The van der Waals surface area contributed by atoms with Gasteiger partial charge in [0.15, 0.2) is 11.6 Å². The smallest absolute Gasteiger partial charge is 0.280 e. The minimum absolute atomic E-state index is 0.132. The van der Waals surface area contributed by atoms with Gasteiger partial charge in [-0.25, -0.2) is 22.6 Å². The Kier molecular flexibility index (Phi) is 6.83. The van der Waals surface area contributed by atoms with Crippen molar-refractivity contribution >= 4 is 17.2 Å². The Balaban J connectivity index is 1.98. The van der Waals surface area contributed by atoms with E-state index in [2.05, 4.69) is 4.99 Å². The summed E-state index contributed by atoms with van der Waals surface area (Å²) in [6.45, 7) is 1.87. The molecular weight excluding hydrogens is 488 g/mol. The quantitative estimate of drug-likeness (QED) is 0.359. The molecule has 4 rings (SSSR count). The summed E-state index contributed by atoms with van der Waals surface area (Å²) in [7, 11) is 0. The molecule has 0 saturated carbocycles. The molecule has 3 aromatic carbocycles. The molecular formula is C28H26F4N2O3. The third-order valence-corrected chi connectivity index (χ3v) is 7.15. The van der Waals surface area contributed by atoms with Crippen LogP contribution in [0.25, 0.3) is 0 Å². The van der Waals surface area contributed by atoms with Gasteiger partial charge in [-0.05, 0) is 26.8 Å². The van der Waals surface area contributed by atoms with Gasteiger partial charge in [-0.3, -0.25) is 4.79 Å². The van der Waals surface area contributed by atoms with Crippen molar-refractivity contribution in [2.75, 3.05) is 6.54 Å². The summed E-state index contributed by atoms with van der Waals surface area (Å²) in [6.07, 6.45) is -2.40. The van der Waals surface area contributed by atoms with Gasteiger partial charge in [-0.15, -0.1) is 0 Å². The maximum absolute atomic E-state index is 16.0. The molecule has 0 aromatic heterocycles. The van der Waals surface area contributed by atoms with Gasteiger partial charge in [-0.2, -0.15) is 5.06 Å². The van der Waals surface area contributed by atoms with Crippen LogP contribution < -0.4 is 0 Å². The van der Waals surface area contributed by atoms with Gasteiger partial charge in [-0.1, -0.05) is 60.7 Å². The van der Waals surface area contributed by atoms with Crippen molar-refractivity contribution in [1.82, 2.24) is 5.06 Å². The summed E-state index contributed by atoms with van der Waals surface area (Å²) in [5, 5.41) is 21.1. The number of hydrogen-bond acceptors (Lipinski definition) is 5. The second-order valence-corrected chi connectivity index (χ2v) is 9.74. The van der Waals surface area contributed by atoms with Gasteiger partial charge in [0.1, 0.15) is 17.5 Å². The van der Waals surface area contributed by atoms with Crippen LogP contribution >= 0.6 is 0 Å². The van der Waals surface area contributed by atoms with Crippen molar-refractivity contribution in [1.29, 1.82) is 0 Å². The van der Waals surface area contributed by atoms with Crippen molar-refractivity contribution in [2.24, 2.45) is 4.99 Å². The molecule has 0 aliphatic carbocycles. The van der Waals surface area contributed by atoms with Crippen LogP contribution in [0.3, 0.4) is 0 Å². The third-order valence-electron chi connectivity index (χ3n) is 7.15. The van der Waals surface area contributed by atoms with Crippen molar-refractivity contribution in [3.8, 4) is 0 Å². The van der Waals surface area contributed by atoms with E-state index < -0.39 is 58.2 Å². The molecule has 3 aromatic rings. The van der Waals surface area contributed by atoms with Gasteiger partial charge >= 0.3 is 0 Å². The van der Waals surface area contributed by atoms with Crippen LogP contribution in [0.4, 0.5) is 23.2 Å². The molecule has 194 valence electrons. The predicted molar refractivity (Wildman–Crippen MR) is 130 cm³/mol. The molecule has 1 aliphatic heterocycles. The number of rotatable bonds is 4. The topological polar surface area (TPSA) is 73.1 Å². The van der Waals surface area contributed by atoms with Crippen molar-refractivity contribution < 1.29 is 32.7 Å². The van der Waals surface area contributed by atoms with Crippen LogP contribution in [0.5, 0.6) is 0 Å². The molecule has 5 nitrogen and oxygen atoms in total. The Morgan fingerprint density at radius 3 is 1.95 bits per heavy atom. The molecule has 0 bridgehead atoms. The maximum Gasteiger partial charge on any atom is 0.280 e. The van der Waals surface area contributed by atoms with Crippen molar-refractivity contribution in [3.05, 3.63) is 101 Å². The molecule has 2 unspecified atom stereocenters. The van der Waals surface area contributed by atoms with Gasteiger partial charge in [0.05, 0.1) is 23.4 Å². The highest BCUT2D eigenvalue weighted by Gasteiger charge is 2.69. The molecule has 2 atom stereocenters. The van der Waals surface area contributed by atoms with E-state index in [0.717, 1.165) is 26.8 Å². The first-order chi connectivity index (χ1) is 17.3. The zero-order valence-electron chi connectivity index (χ0n) is 20.4. The molecule has 1 fully saturated rings. The number of halogens is 4. The summed E-state index contributed by atoms with van der Waals surface area (Å²) in [4.78, 5) is 17.0. The Labute approximate surface area is 211 Å². The molecule has 2 N–H and O–H groups in total. The first-order valence-electron chi connectivity index (χ1n) is 11.6. The van der Waals surface area contributed by atoms with Crippen LogP contribution in [-0.4, -0.2) is 51.0 Å². The van der Waals surface area contributed by atoms with E-state index in [-0.39, 0.29) is 5.06 Å². The van der Waals surface area contributed by atoms with Crippen molar-refractivity contribution in [3.63, 3.8) is 0 Å². The minimum atomic E-state index is -4.07. The minimum Gasteiger partial charge on any atom is -0.384 e. The summed E-state index contributed by atoms with van der Waals surface area (Å²) in [6, 6.07) is 18.7. The standard InChI is InChI=1S/C28H26F4N2O3/c1-26(2)28(31,32)27(3,25(36)23(35)16-34(26)37)19-14-22(21(30)15-20(19)29)33-24(17-10-6-4-7-11-17)18-12-8-5-9-13-18/h4-15,25,36-37H,16H2,1-3H3. The van der Waals surface area contributed by atoms with E-state index in [1.165, 1.54) is 0 Å². The second-order valence-electron chi connectivity index (χ2n) is 9.74. The van der Waals surface area contributed by atoms with Crippen LogP contribution in [0.2, 0.25) is 0 Å². The first kappa shape index (κ1) is 26.7. The lowest BCUT2D eigenvalue weighted by Gasteiger charge is -2.47. The molecule has 1 aliphatic rings. The average Bonchev–Trinajstić information content (AvgIpc) is 2.90. The Hall–Kier alpha value is -3.40. The van der Waals surface area contributed by atoms with Gasteiger partial charge < -0.3 is 10.3 Å². The Morgan fingerprint density at radius 1 is 0.919 bits per heavy atom. The molecule has 0 spiro atoms. The molecule has 1 saturated heterocycles. The highest BCUT2D eigenvalue weighted by Crippen LogP contribution is 2.53.